The molecule has 1 aliphatic heterocycles. The van der Waals surface area contributed by atoms with Gasteiger partial charge < -0.3 is 20.3 Å². The Kier molecular flexibility index (Phi) is 8.25. The smallest absolute Gasteiger partial charge is 0.241 e. The first-order valence-corrected chi connectivity index (χ1v) is 9.60. The van der Waals surface area contributed by atoms with Crippen molar-refractivity contribution in [1.29, 1.82) is 0 Å². The molecule has 1 aromatic carbocycles. The maximum Gasteiger partial charge on any atom is 0.241 e. The van der Waals surface area contributed by atoms with Crippen LogP contribution in [0.4, 0.5) is 0 Å². The Bertz CT molecular complexity index is 595. The molecule has 0 aliphatic carbocycles. The van der Waals surface area contributed by atoms with Crippen LogP contribution in [0.25, 0.3) is 0 Å². The van der Waals surface area contributed by atoms with Crippen molar-refractivity contribution in [3.63, 3.8) is 0 Å². The minimum absolute atomic E-state index is 0.136. The molecule has 1 aliphatic rings. The number of nitrogens with one attached hydrogen (secondary N) is 2. The number of amides is 1. The number of carbonyl (C=O) groups is 1. The lowest BCUT2D eigenvalue weighted by Crippen LogP contribution is -2.44. The maximum absolute atomic E-state index is 12.2. The van der Waals surface area contributed by atoms with Crippen molar-refractivity contribution in [1.82, 2.24) is 15.5 Å². The van der Waals surface area contributed by atoms with Gasteiger partial charge in [0.2, 0.25) is 5.91 Å². The van der Waals surface area contributed by atoms with E-state index >= 15 is 0 Å². The summed E-state index contributed by atoms with van der Waals surface area (Å²) in [4.78, 5) is 18.7. The normalized spacial score (nSPS) is 14.6. The van der Waals surface area contributed by atoms with E-state index in [2.05, 4.69) is 29.5 Å². The summed E-state index contributed by atoms with van der Waals surface area (Å²) in [5.41, 5.74) is 1.08. The highest BCUT2D eigenvalue weighted by molar-refractivity contribution is 5.86. The number of hydrogen-bond acceptors (Lipinski definition) is 3. The fourth-order valence-corrected chi connectivity index (χ4v) is 2.75. The van der Waals surface area contributed by atoms with Crippen LogP contribution in [0.2, 0.25) is 0 Å². The summed E-state index contributed by atoms with van der Waals surface area (Å²) in [5, 5.41) is 6.33. The SMILES string of the molecule is CCNC(=NCc1cccc(OCC(C)C)c1)NCC(=O)N1CCCC1. The monoisotopic (exact) mass is 360 g/mol. The molecule has 0 saturated carbocycles. The van der Waals surface area contributed by atoms with E-state index in [9.17, 15) is 4.79 Å². The molecule has 0 unspecified atom stereocenters. The van der Waals surface area contributed by atoms with Crippen molar-refractivity contribution in [2.45, 2.75) is 40.2 Å². The second-order valence-corrected chi connectivity index (χ2v) is 6.99. The molecule has 0 bridgehead atoms. The molecular weight excluding hydrogens is 328 g/mol. The number of hydrogen-bond donors (Lipinski definition) is 2. The predicted octanol–water partition coefficient (Wildman–Crippen LogP) is 2.40. The molecule has 0 aromatic heterocycles. The number of ether oxygens (including phenoxy) is 1. The van der Waals surface area contributed by atoms with Crippen LogP contribution in [0.15, 0.2) is 29.3 Å². The summed E-state index contributed by atoms with van der Waals surface area (Å²) >= 11 is 0. The molecule has 1 amide bonds. The van der Waals surface area contributed by atoms with E-state index in [0.717, 1.165) is 43.8 Å². The van der Waals surface area contributed by atoms with E-state index in [-0.39, 0.29) is 12.5 Å². The largest absolute Gasteiger partial charge is 0.493 e. The summed E-state index contributed by atoms with van der Waals surface area (Å²) in [5.74, 6) is 2.16. The van der Waals surface area contributed by atoms with Gasteiger partial charge >= 0.3 is 0 Å². The highest BCUT2D eigenvalue weighted by Gasteiger charge is 2.17. The molecule has 6 heteroatoms. The van der Waals surface area contributed by atoms with Gasteiger partial charge in [0.05, 0.1) is 19.7 Å². The van der Waals surface area contributed by atoms with Crippen LogP contribution in [0, 0.1) is 5.92 Å². The zero-order valence-corrected chi connectivity index (χ0v) is 16.3. The lowest BCUT2D eigenvalue weighted by atomic mass is 10.2. The summed E-state index contributed by atoms with van der Waals surface area (Å²) in [6.07, 6.45) is 2.21. The highest BCUT2D eigenvalue weighted by atomic mass is 16.5. The molecule has 1 aromatic rings. The quantitative estimate of drug-likeness (QED) is 0.552. The van der Waals surface area contributed by atoms with E-state index < -0.39 is 0 Å². The van der Waals surface area contributed by atoms with Gasteiger partial charge in [0.25, 0.3) is 0 Å². The average molecular weight is 361 g/mol. The number of guanidine groups is 1. The molecule has 0 spiro atoms. The molecule has 2 N–H and O–H groups in total. The molecule has 26 heavy (non-hydrogen) atoms. The Hall–Kier alpha value is -2.24. The first-order chi connectivity index (χ1) is 12.6. The van der Waals surface area contributed by atoms with Gasteiger partial charge in [0.1, 0.15) is 5.75 Å². The van der Waals surface area contributed by atoms with Gasteiger partial charge in [0, 0.05) is 19.6 Å². The minimum atomic E-state index is 0.136. The first-order valence-electron chi connectivity index (χ1n) is 9.60. The Labute approximate surface area is 157 Å². The second-order valence-electron chi connectivity index (χ2n) is 6.99. The van der Waals surface area contributed by atoms with Crippen LogP contribution in [0.5, 0.6) is 5.75 Å². The Morgan fingerprint density at radius 1 is 1.27 bits per heavy atom. The van der Waals surface area contributed by atoms with Crippen molar-refractivity contribution in [3.05, 3.63) is 29.8 Å². The summed E-state index contributed by atoms with van der Waals surface area (Å²) < 4.78 is 5.77. The van der Waals surface area contributed by atoms with E-state index in [4.69, 9.17) is 4.74 Å². The third-order valence-electron chi connectivity index (χ3n) is 4.11. The van der Waals surface area contributed by atoms with Crippen LogP contribution in [-0.4, -0.2) is 49.6 Å². The van der Waals surface area contributed by atoms with Gasteiger partial charge in [0.15, 0.2) is 5.96 Å². The topological polar surface area (TPSA) is 66.0 Å². The molecule has 0 atom stereocenters. The molecule has 1 fully saturated rings. The van der Waals surface area contributed by atoms with Crippen LogP contribution in [0.3, 0.4) is 0 Å². The standard InChI is InChI=1S/C20H32N4O2/c1-4-21-20(23-14-19(25)24-10-5-6-11-24)22-13-17-8-7-9-18(12-17)26-15-16(2)3/h7-9,12,16H,4-6,10-11,13-15H2,1-3H3,(H2,21,22,23). The van der Waals surface area contributed by atoms with E-state index in [1.807, 2.05) is 36.1 Å². The van der Waals surface area contributed by atoms with Gasteiger partial charge in [-0.3, -0.25) is 4.79 Å². The Morgan fingerprint density at radius 2 is 2.04 bits per heavy atom. The average Bonchev–Trinajstić information content (AvgIpc) is 3.17. The third-order valence-corrected chi connectivity index (χ3v) is 4.11. The van der Waals surface area contributed by atoms with Crippen LogP contribution < -0.4 is 15.4 Å². The fourth-order valence-electron chi connectivity index (χ4n) is 2.75. The van der Waals surface area contributed by atoms with Crippen LogP contribution in [-0.2, 0) is 11.3 Å². The molecular formula is C20H32N4O2. The number of benzene rings is 1. The third kappa shape index (κ3) is 6.94. The van der Waals surface area contributed by atoms with E-state index in [0.29, 0.717) is 25.0 Å². The molecule has 144 valence electrons. The molecule has 1 saturated heterocycles. The predicted molar refractivity (Wildman–Crippen MR) is 105 cm³/mol. The second kappa shape index (κ2) is 10.7. The van der Waals surface area contributed by atoms with Crippen molar-refractivity contribution >= 4 is 11.9 Å². The lowest BCUT2D eigenvalue weighted by molar-refractivity contribution is -0.128. The van der Waals surface area contributed by atoms with Crippen LogP contribution in [0.1, 0.15) is 39.2 Å². The Morgan fingerprint density at radius 3 is 2.73 bits per heavy atom. The summed E-state index contributed by atoms with van der Waals surface area (Å²) in [7, 11) is 0. The summed E-state index contributed by atoms with van der Waals surface area (Å²) in [6.45, 7) is 10.3. The van der Waals surface area contributed by atoms with E-state index in [1.54, 1.807) is 0 Å². The van der Waals surface area contributed by atoms with Crippen molar-refractivity contribution in [2.24, 2.45) is 10.9 Å². The number of likely N-dealkylation sites (tertiary alicyclic amines) is 1. The first kappa shape index (κ1) is 20.1. The lowest BCUT2D eigenvalue weighted by Gasteiger charge is -2.17. The van der Waals surface area contributed by atoms with Crippen LogP contribution >= 0.6 is 0 Å². The van der Waals surface area contributed by atoms with Crippen molar-refractivity contribution in [3.8, 4) is 5.75 Å². The number of nitrogens with zero attached hydrogens (tertiary/aromatic N) is 2. The van der Waals surface area contributed by atoms with Gasteiger partial charge in [-0.1, -0.05) is 26.0 Å². The van der Waals surface area contributed by atoms with Crippen molar-refractivity contribution in [2.75, 3.05) is 32.8 Å². The maximum atomic E-state index is 12.2. The molecule has 6 nitrogen and oxygen atoms in total. The zero-order chi connectivity index (χ0) is 18.8. The van der Waals surface area contributed by atoms with Gasteiger partial charge in [-0.2, -0.15) is 0 Å². The number of aliphatic imine (C=N–C) groups is 1. The molecule has 0 radical (unpaired) electrons. The van der Waals surface area contributed by atoms with Crippen molar-refractivity contribution < 1.29 is 9.53 Å². The van der Waals surface area contributed by atoms with Gasteiger partial charge in [-0.05, 0) is 43.4 Å². The fraction of sp³-hybridized carbons (Fsp3) is 0.600. The number of carbonyl (C=O) groups excluding carboxylic acids is 1. The highest BCUT2D eigenvalue weighted by Crippen LogP contribution is 2.15. The van der Waals surface area contributed by atoms with Gasteiger partial charge in [-0.15, -0.1) is 0 Å². The minimum Gasteiger partial charge on any atom is -0.493 e. The number of rotatable bonds is 8. The van der Waals surface area contributed by atoms with Gasteiger partial charge in [-0.25, -0.2) is 4.99 Å². The molecule has 1 heterocycles. The summed E-state index contributed by atoms with van der Waals surface area (Å²) in [6, 6.07) is 8.00. The van der Waals surface area contributed by atoms with E-state index in [1.165, 1.54) is 0 Å². The Balaban J connectivity index is 1.89. The molecule has 2 rings (SSSR count). The zero-order valence-electron chi connectivity index (χ0n) is 16.3.